The molecule has 0 saturated heterocycles. The Bertz CT molecular complexity index is 97.7. The molecule has 0 aliphatic carbocycles. The number of alkyl halides is 6. The smallest absolute Gasteiger partial charge is 0.251 e. The number of hydrogen-bond acceptors (Lipinski definition) is 1. The van der Waals surface area contributed by atoms with Gasteiger partial charge in [0, 0.05) is 0 Å². The van der Waals surface area contributed by atoms with Gasteiger partial charge in [0.2, 0.25) is 0 Å². The standard InChI is InChI=1S/C3H2F6O/c4-1(5)2(6)10-3(7,8)9/h1-2H/t2-/m1/s1. The third kappa shape index (κ3) is 4.42. The van der Waals surface area contributed by atoms with Gasteiger partial charge >= 0.3 is 6.36 Å². The Hall–Kier alpha value is -0.460. The van der Waals surface area contributed by atoms with E-state index in [0.717, 1.165) is 0 Å². The zero-order valence-electron chi connectivity index (χ0n) is 4.33. The predicted molar refractivity (Wildman–Crippen MR) is 18.0 cm³/mol. The topological polar surface area (TPSA) is 9.23 Å². The number of ether oxygens (including phenoxy) is 1. The first kappa shape index (κ1) is 9.54. The summed E-state index contributed by atoms with van der Waals surface area (Å²) in [6, 6.07) is 0. The van der Waals surface area contributed by atoms with Crippen LogP contribution in [0.15, 0.2) is 0 Å². The molecule has 7 heteroatoms. The summed E-state index contributed by atoms with van der Waals surface area (Å²) in [5.41, 5.74) is 0. The fourth-order valence-electron chi connectivity index (χ4n) is 0.179. The summed E-state index contributed by atoms with van der Waals surface area (Å²) in [6.07, 6.45) is -12.7. The molecule has 1 atom stereocenters. The van der Waals surface area contributed by atoms with Crippen molar-refractivity contribution in [3.63, 3.8) is 0 Å². The van der Waals surface area contributed by atoms with Gasteiger partial charge in [-0.05, 0) is 0 Å². The third-order valence-electron chi connectivity index (χ3n) is 0.444. The van der Waals surface area contributed by atoms with Crippen molar-refractivity contribution in [1.82, 2.24) is 0 Å². The van der Waals surface area contributed by atoms with Gasteiger partial charge in [-0.1, -0.05) is 0 Å². The Morgan fingerprint density at radius 3 is 1.50 bits per heavy atom. The van der Waals surface area contributed by atoms with Crippen molar-refractivity contribution in [3.8, 4) is 0 Å². The van der Waals surface area contributed by atoms with E-state index in [1.165, 1.54) is 0 Å². The van der Waals surface area contributed by atoms with Crippen molar-refractivity contribution in [1.29, 1.82) is 0 Å². The number of rotatable bonds is 2. The molecule has 0 rings (SSSR count). The average molecular weight is 168 g/mol. The van der Waals surface area contributed by atoms with Gasteiger partial charge in [-0.15, -0.1) is 13.2 Å². The lowest BCUT2D eigenvalue weighted by Gasteiger charge is -2.09. The van der Waals surface area contributed by atoms with Gasteiger partial charge in [-0.3, -0.25) is 4.74 Å². The Labute approximate surface area is 51.6 Å². The zero-order chi connectivity index (χ0) is 8.36. The van der Waals surface area contributed by atoms with Crippen LogP contribution < -0.4 is 0 Å². The minimum absolute atomic E-state index is 2.28. The number of halogens is 6. The molecule has 0 bridgehead atoms. The SMILES string of the molecule is FC(F)[C@H](F)OC(F)(F)F. The molecule has 0 spiro atoms. The van der Waals surface area contributed by atoms with E-state index in [9.17, 15) is 26.3 Å². The molecule has 10 heavy (non-hydrogen) atoms. The monoisotopic (exact) mass is 168 g/mol. The second kappa shape index (κ2) is 3.09. The van der Waals surface area contributed by atoms with Crippen molar-refractivity contribution in [2.24, 2.45) is 0 Å². The van der Waals surface area contributed by atoms with Crippen molar-refractivity contribution in [2.75, 3.05) is 0 Å². The predicted octanol–water partition coefficient (Wildman–Crippen LogP) is 2.08. The Morgan fingerprint density at radius 2 is 1.40 bits per heavy atom. The molecule has 0 aromatic rings. The molecule has 0 heterocycles. The van der Waals surface area contributed by atoms with Crippen LogP contribution in [-0.2, 0) is 4.74 Å². The Balaban J connectivity index is 3.68. The van der Waals surface area contributed by atoms with Gasteiger partial charge < -0.3 is 0 Å². The van der Waals surface area contributed by atoms with Gasteiger partial charge in [0.25, 0.3) is 12.8 Å². The van der Waals surface area contributed by atoms with Gasteiger partial charge in [0.15, 0.2) is 0 Å². The van der Waals surface area contributed by atoms with Gasteiger partial charge in [0.05, 0.1) is 0 Å². The van der Waals surface area contributed by atoms with E-state index in [2.05, 4.69) is 4.74 Å². The average Bonchev–Trinajstić information content (AvgIpc) is 1.60. The van der Waals surface area contributed by atoms with Crippen molar-refractivity contribution in [2.45, 2.75) is 19.1 Å². The van der Waals surface area contributed by atoms with Crippen LogP contribution in [0.1, 0.15) is 0 Å². The molecule has 62 valence electrons. The van der Waals surface area contributed by atoms with Crippen LogP contribution in [0.2, 0.25) is 0 Å². The molecule has 1 nitrogen and oxygen atoms in total. The molecule has 0 saturated carbocycles. The first-order chi connectivity index (χ1) is 4.33. The normalized spacial score (nSPS) is 15.9. The highest BCUT2D eigenvalue weighted by Crippen LogP contribution is 2.22. The minimum atomic E-state index is -5.35. The van der Waals surface area contributed by atoms with Crippen LogP contribution >= 0.6 is 0 Å². The summed E-state index contributed by atoms with van der Waals surface area (Å²) in [6.45, 7) is 0. The fourth-order valence-corrected chi connectivity index (χ4v) is 0.179. The second-order valence-corrected chi connectivity index (χ2v) is 1.25. The molecule has 0 amide bonds. The molecule has 0 aliphatic rings. The molecular weight excluding hydrogens is 166 g/mol. The molecule has 0 unspecified atom stereocenters. The quantitative estimate of drug-likeness (QED) is 0.573. The Kier molecular flexibility index (Phi) is 2.95. The largest absolute Gasteiger partial charge is 0.525 e. The van der Waals surface area contributed by atoms with Crippen LogP contribution in [0.3, 0.4) is 0 Å². The van der Waals surface area contributed by atoms with Crippen LogP contribution in [0.5, 0.6) is 0 Å². The molecule has 0 aliphatic heterocycles. The van der Waals surface area contributed by atoms with Crippen LogP contribution in [0.4, 0.5) is 26.3 Å². The maximum absolute atomic E-state index is 11.3. The molecule has 0 fully saturated rings. The highest BCUT2D eigenvalue weighted by molar-refractivity contribution is 4.43. The highest BCUT2D eigenvalue weighted by Gasteiger charge is 2.37. The van der Waals surface area contributed by atoms with Crippen molar-refractivity contribution in [3.05, 3.63) is 0 Å². The van der Waals surface area contributed by atoms with E-state index >= 15 is 0 Å². The lowest BCUT2D eigenvalue weighted by atomic mass is 10.7. The fraction of sp³-hybridized carbons (Fsp3) is 1.00. The maximum Gasteiger partial charge on any atom is 0.525 e. The first-order valence-electron chi connectivity index (χ1n) is 1.99. The van der Waals surface area contributed by atoms with E-state index < -0.39 is 19.1 Å². The van der Waals surface area contributed by atoms with E-state index in [1.54, 1.807) is 0 Å². The molecule has 0 radical (unpaired) electrons. The van der Waals surface area contributed by atoms with Crippen LogP contribution in [0, 0.1) is 0 Å². The van der Waals surface area contributed by atoms with E-state index in [1.807, 2.05) is 0 Å². The van der Waals surface area contributed by atoms with Crippen LogP contribution in [0.25, 0.3) is 0 Å². The summed E-state index contributed by atoms with van der Waals surface area (Å²) in [4.78, 5) is 0. The van der Waals surface area contributed by atoms with Crippen molar-refractivity contribution >= 4 is 0 Å². The summed E-state index contributed by atoms with van der Waals surface area (Å²) >= 11 is 0. The van der Waals surface area contributed by atoms with E-state index in [-0.39, 0.29) is 0 Å². The molecular formula is C3H2F6O. The first-order valence-corrected chi connectivity index (χ1v) is 1.99. The lowest BCUT2D eigenvalue weighted by Crippen LogP contribution is -2.25. The van der Waals surface area contributed by atoms with Crippen LogP contribution in [-0.4, -0.2) is 19.1 Å². The second-order valence-electron chi connectivity index (χ2n) is 1.25. The van der Waals surface area contributed by atoms with Gasteiger partial charge in [-0.25, -0.2) is 13.2 Å². The molecule has 0 aromatic heterocycles. The van der Waals surface area contributed by atoms with E-state index in [0.29, 0.717) is 0 Å². The zero-order valence-corrected chi connectivity index (χ0v) is 4.33. The summed E-state index contributed by atoms with van der Waals surface area (Å²) in [5, 5.41) is 0. The van der Waals surface area contributed by atoms with Gasteiger partial charge in [0.1, 0.15) is 0 Å². The van der Waals surface area contributed by atoms with Gasteiger partial charge in [-0.2, -0.15) is 0 Å². The maximum atomic E-state index is 11.3. The molecule has 0 aromatic carbocycles. The lowest BCUT2D eigenvalue weighted by molar-refractivity contribution is -0.373. The summed E-state index contributed by atoms with van der Waals surface area (Å²) < 4.78 is 68.1. The summed E-state index contributed by atoms with van der Waals surface area (Å²) in [5.74, 6) is 0. The number of hydrogen-bond donors (Lipinski definition) is 0. The Morgan fingerprint density at radius 1 is 1.00 bits per heavy atom. The highest BCUT2D eigenvalue weighted by atomic mass is 19.4. The minimum Gasteiger partial charge on any atom is -0.251 e. The summed E-state index contributed by atoms with van der Waals surface area (Å²) in [7, 11) is 0. The molecule has 0 N–H and O–H groups in total. The van der Waals surface area contributed by atoms with E-state index in [4.69, 9.17) is 0 Å². The third-order valence-corrected chi connectivity index (χ3v) is 0.444. The van der Waals surface area contributed by atoms with Crippen molar-refractivity contribution < 1.29 is 31.1 Å².